The predicted molar refractivity (Wildman–Crippen MR) is 94.2 cm³/mol. The Balaban J connectivity index is 1.93. The van der Waals surface area contributed by atoms with Crippen LogP contribution in [0.15, 0.2) is 41.2 Å². The van der Waals surface area contributed by atoms with Crippen molar-refractivity contribution in [3.05, 3.63) is 58.0 Å². The van der Waals surface area contributed by atoms with Gasteiger partial charge in [-0.05, 0) is 37.7 Å². The SMILES string of the molecule is O=C(c1c(-c2ccccc2)cc(=O)n2c1CCCC2)N1CCCC1. The molecule has 0 N–H and O–H groups in total. The Morgan fingerprint density at radius 2 is 1.62 bits per heavy atom. The predicted octanol–water partition coefficient (Wildman–Crippen LogP) is 3.09. The van der Waals surface area contributed by atoms with Crippen LogP contribution in [0.4, 0.5) is 0 Å². The number of nitrogens with zero attached hydrogens (tertiary/aromatic N) is 2. The van der Waals surface area contributed by atoms with Crippen molar-refractivity contribution in [3.8, 4) is 11.1 Å². The first-order valence-corrected chi connectivity index (χ1v) is 8.87. The number of aromatic nitrogens is 1. The van der Waals surface area contributed by atoms with Crippen LogP contribution in [0.5, 0.6) is 0 Å². The highest BCUT2D eigenvalue weighted by Gasteiger charge is 2.28. The first kappa shape index (κ1) is 15.2. The molecule has 4 nitrogen and oxygen atoms in total. The minimum Gasteiger partial charge on any atom is -0.339 e. The number of pyridine rings is 1. The average molecular weight is 322 g/mol. The fourth-order valence-electron chi connectivity index (χ4n) is 3.93. The maximum Gasteiger partial charge on any atom is 0.256 e. The standard InChI is InChI=1S/C20H22N2O2/c23-18-14-16(15-8-2-1-3-9-15)19(17-10-4-5-13-22(17)18)20(24)21-11-6-7-12-21/h1-3,8-9,14H,4-7,10-13H2. The summed E-state index contributed by atoms with van der Waals surface area (Å²) in [4.78, 5) is 27.8. The highest BCUT2D eigenvalue weighted by molar-refractivity contribution is 6.02. The molecular weight excluding hydrogens is 300 g/mol. The van der Waals surface area contributed by atoms with Crippen molar-refractivity contribution in [1.82, 2.24) is 9.47 Å². The average Bonchev–Trinajstić information content (AvgIpc) is 3.17. The van der Waals surface area contributed by atoms with Crippen molar-refractivity contribution >= 4 is 5.91 Å². The molecule has 0 spiro atoms. The molecule has 3 heterocycles. The van der Waals surface area contributed by atoms with E-state index < -0.39 is 0 Å². The van der Waals surface area contributed by atoms with Crippen LogP contribution in [0.25, 0.3) is 11.1 Å². The van der Waals surface area contributed by atoms with Crippen LogP contribution in [0.3, 0.4) is 0 Å². The summed E-state index contributed by atoms with van der Waals surface area (Å²) in [6.07, 6.45) is 5.00. The molecule has 124 valence electrons. The van der Waals surface area contributed by atoms with E-state index in [1.54, 1.807) is 6.07 Å². The lowest BCUT2D eigenvalue weighted by molar-refractivity contribution is 0.0790. The van der Waals surface area contributed by atoms with Gasteiger partial charge < -0.3 is 9.47 Å². The number of carbonyl (C=O) groups is 1. The third-order valence-corrected chi connectivity index (χ3v) is 5.15. The highest BCUT2D eigenvalue weighted by Crippen LogP contribution is 2.29. The van der Waals surface area contributed by atoms with E-state index in [0.29, 0.717) is 0 Å². The monoisotopic (exact) mass is 322 g/mol. The first-order chi connectivity index (χ1) is 11.8. The molecule has 0 unspecified atom stereocenters. The van der Waals surface area contributed by atoms with E-state index >= 15 is 0 Å². The van der Waals surface area contributed by atoms with Crippen LogP contribution in [0.1, 0.15) is 41.7 Å². The zero-order chi connectivity index (χ0) is 16.5. The normalized spacial score (nSPS) is 16.9. The molecule has 0 aliphatic carbocycles. The summed E-state index contributed by atoms with van der Waals surface area (Å²) in [5, 5.41) is 0. The van der Waals surface area contributed by atoms with Gasteiger partial charge >= 0.3 is 0 Å². The maximum absolute atomic E-state index is 13.2. The molecule has 2 aliphatic rings. The molecular formula is C20H22N2O2. The molecule has 4 heteroatoms. The number of carbonyl (C=O) groups excluding carboxylic acids is 1. The molecule has 2 aliphatic heterocycles. The van der Waals surface area contributed by atoms with Crippen molar-refractivity contribution in [2.45, 2.75) is 38.6 Å². The third-order valence-electron chi connectivity index (χ3n) is 5.15. The lowest BCUT2D eigenvalue weighted by Gasteiger charge is -2.26. The zero-order valence-corrected chi connectivity index (χ0v) is 13.8. The number of fused-ring (bicyclic) bond motifs is 1. The van der Waals surface area contributed by atoms with Crippen molar-refractivity contribution in [2.24, 2.45) is 0 Å². The molecule has 0 bridgehead atoms. The Morgan fingerprint density at radius 3 is 2.38 bits per heavy atom. The molecule has 1 amide bonds. The molecule has 0 radical (unpaired) electrons. The molecule has 24 heavy (non-hydrogen) atoms. The summed E-state index contributed by atoms with van der Waals surface area (Å²) in [7, 11) is 0. The topological polar surface area (TPSA) is 42.3 Å². The van der Waals surface area contributed by atoms with Gasteiger partial charge in [-0.2, -0.15) is 0 Å². The van der Waals surface area contributed by atoms with Gasteiger partial charge in [0.15, 0.2) is 0 Å². The summed E-state index contributed by atoms with van der Waals surface area (Å²) in [6, 6.07) is 11.5. The van der Waals surface area contributed by atoms with Gasteiger partial charge in [0, 0.05) is 37.0 Å². The molecule has 0 saturated carbocycles. The summed E-state index contributed by atoms with van der Waals surface area (Å²) >= 11 is 0. The van der Waals surface area contributed by atoms with Gasteiger partial charge in [0.25, 0.3) is 11.5 Å². The Labute approximate surface area is 141 Å². The highest BCUT2D eigenvalue weighted by atomic mass is 16.2. The van der Waals surface area contributed by atoms with E-state index in [0.717, 1.165) is 74.1 Å². The molecule has 2 aromatic rings. The summed E-state index contributed by atoms with van der Waals surface area (Å²) in [5.74, 6) is 0.0944. The Bertz CT molecular complexity index is 818. The second kappa shape index (κ2) is 6.27. The van der Waals surface area contributed by atoms with Crippen LogP contribution in [0.2, 0.25) is 0 Å². The summed E-state index contributed by atoms with van der Waals surface area (Å²) in [6.45, 7) is 2.38. The largest absolute Gasteiger partial charge is 0.339 e. The molecule has 1 saturated heterocycles. The van der Waals surface area contributed by atoms with Crippen molar-refractivity contribution < 1.29 is 4.79 Å². The van der Waals surface area contributed by atoms with Crippen molar-refractivity contribution in [2.75, 3.05) is 13.1 Å². The smallest absolute Gasteiger partial charge is 0.256 e. The molecule has 4 rings (SSSR count). The molecule has 1 aromatic heterocycles. The number of amides is 1. The van der Waals surface area contributed by atoms with E-state index in [1.807, 2.05) is 39.8 Å². The number of benzene rings is 1. The molecule has 1 fully saturated rings. The summed E-state index contributed by atoms with van der Waals surface area (Å²) < 4.78 is 1.82. The van der Waals surface area contributed by atoms with E-state index in [-0.39, 0.29) is 11.5 Å². The Morgan fingerprint density at radius 1 is 0.917 bits per heavy atom. The van der Waals surface area contributed by atoms with Crippen molar-refractivity contribution in [1.29, 1.82) is 0 Å². The maximum atomic E-state index is 13.2. The van der Waals surface area contributed by atoms with Gasteiger partial charge in [0.05, 0.1) is 5.56 Å². The van der Waals surface area contributed by atoms with E-state index in [4.69, 9.17) is 0 Å². The summed E-state index contributed by atoms with van der Waals surface area (Å²) in [5.41, 5.74) is 3.45. The Hall–Kier alpha value is -2.36. The second-order valence-corrected chi connectivity index (χ2v) is 6.69. The number of rotatable bonds is 2. The minimum absolute atomic E-state index is 0.0153. The lowest BCUT2D eigenvalue weighted by Crippen LogP contribution is -2.34. The fourth-order valence-corrected chi connectivity index (χ4v) is 3.93. The van der Waals surface area contributed by atoms with E-state index in [1.165, 1.54) is 0 Å². The number of hydrogen-bond donors (Lipinski definition) is 0. The molecule has 0 atom stereocenters. The van der Waals surface area contributed by atoms with Crippen LogP contribution in [0, 0.1) is 0 Å². The number of hydrogen-bond acceptors (Lipinski definition) is 2. The van der Waals surface area contributed by atoms with Gasteiger partial charge in [-0.3, -0.25) is 9.59 Å². The van der Waals surface area contributed by atoms with Crippen LogP contribution < -0.4 is 5.56 Å². The lowest BCUT2D eigenvalue weighted by atomic mass is 9.94. The minimum atomic E-state index is 0.0153. The Kier molecular flexibility index (Phi) is 3.97. The van der Waals surface area contributed by atoms with Crippen LogP contribution in [-0.2, 0) is 13.0 Å². The van der Waals surface area contributed by atoms with Gasteiger partial charge in [0.2, 0.25) is 0 Å². The van der Waals surface area contributed by atoms with E-state index in [9.17, 15) is 9.59 Å². The van der Waals surface area contributed by atoms with Crippen LogP contribution >= 0.6 is 0 Å². The number of likely N-dealkylation sites (tertiary alicyclic amines) is 1. The fraction of sp³-hybridized carbons (Fsp3) is 0.400. The molecule has 1 aromatic carbocycles. The zero-order valence-electron chi connectivity index (χ0n) is 13.8. The van der Waals surface area contributed by atoms with Gasteiger partial charge in [-0.15, -0.1) is 0 Å². The quantitative estimate of drug-likeness (QED) is 0.853. The first-order valence-electron chi connectivity index (χ1n) is 8.87. The van der Waals surface area contributed by atoms with Gasteiger partial charge in [-0.1, -0.05) is 30.3 Å². The van der Waals surface area contributed by atoms with E-state index in [2.05, 4.69) is 0 Å². The van der Waals surface area contributed by atoms with Crippen molar-refractivity contribution in [3.63, 3.8) is 0 Å². The third kappa shape index (κ3) is 2.56. The van der Waals surface area contributed by atoms with Gasteiger partial charge in [-0.25, -0.2) is 0 Å². The van der Waals surface area contributed by atoms with Crippen LogP contribution in [-0.4, -0.2) is 28.5 Å². The second-order valence-electron chi connectivity index (χ2n) is 6.69. The van der Waals surface area contributed by atoms with Gasteiger partial charge in [0.1, 0.15) is 0 Å².